The summed E-state index contributed by atoms with van der Waals surface area (Å²) in [6, 6.07) is 0.710. The molecule has 0 amide bonds. The van der Waals surface area contributed by atoms with Crippen LogP contribution in [0.4, 0.5) is 0 Å². The molecule has 1 aliphatic heterocycles. The van der Waals surface area contributed by atoms with Gasteiger partial charge in [-0.2, -0.15) is 0 Å². The summed E-state index contributed by atoms with van der Waals surface area (Å²) in [4.78, 5) is 2.63. The molecule has 0 radical (unpaired) electrons. The van der Waals surface area contributed by atoms with E-state index >= 15 is 0 Å². The van der Waals surface area contributed by atoms with E-state index < -0.39 is 0 Å². The van der Waals surface area contributed by atoms with E-state index in [-0.39, 0.29) is 0 Å². The Morgan fingerprint density at radius 1 is 1.20 bits per heavy atom. The lowest BCUT2D eigenvalue weighted by Gasteiger charge is -2.45. The van der Waals surface area contributed by atoms with Crippen LogP contribution in [0.1, 0.15) is 53.9 Å². The maximum atomic E-state index is 5.86. The SMILES string of the molecule is CCNC1CCC(C)(C)CC1CN1C[C@@H](C)O[C@@H](C)C1. The van der Waals surface area contributed by atoms with Gasteiger partial charge in [-0.05, 0) is 51.0 Å². The van der Waals surface area contributed by atoms with Gasteiger partial charge in [-0.3, -0.25) is 4.90 Å². The molecule has 0 aromatic rings. The Morgan fingerprint density at radius 2 is 1.85 bits per heavy atom. The second kappa shape index (κ2) is 6.76. The third-order valence-electron chi connectivity index (χ3n) is 4.97. The molecule has 0 spiro atoms. The molecule has 0 aromatic carbocycles. The van der Waals surface area contributed by atoms with Gasteiger partial charge in [0.1, 0.15) is 0 Å². The predicted octanol–water partition coefficient (Wildman–Crippen LogP) is 2.90. The fourth-order valence-corrected chi connectivity index (χ4v) is 4.22. The highest BCUT2D eigenvalue weighted by molar-refractivity contribution is 4.91. The first kappa shape index (κ1) is 16.3. The van der Waals surface area contributed by atoms with Crippen LogP contribution in [-0.2, 0) is 4.74 Å². The van der Waals surface area contributed by atoms with Crippen molar-refractivity contribution >= 4 is 0 Å². The van der Waals surface area contributed by atoms with Crippen LogP contribution in [0.3, 0.4) is 0 Å². The normalized spacial score (nSPS) is 38.9. The topological polar surface area (TPSA) is 24.5 Å². The molecule has 1 saturated carbocycles. The summed E-state index contributed by atoms with van der Waals surface area (Å²) in [6.07, 6.45) is 4.81. The molecule has 1 N–H and O–H groups in total. The highest BCUT2D eigenvalue weighted by atomic mass is 16.5. The standard InChI is InChI=1S/C17H34N2O/c1-6-18-16-7-8-17(4,5)9-15(16)12-19-10-13(2)20-14(3)11-19/h13-16,18H,6-12H2,1-5H3/t13-,14+,15?,16?. The molecule has 1 aliphatic carbocycles. The molecule has 0 bridgehead atoms. The van der Waals surface area contributed by atoms with Crippen molar-refractivity contribution in [2.24, 2.45) is 11.3 Å². The maximum Gasteiger partial charge on any atom is 0.0678 e. The highest BCUT2D eigenvalue weighted by Crippen LogP contribution is 2.39. The molecule has 3 heteroatoms. The van der Waals surface area contributed by atoms with Gasteiger partial charge in [0.05, 0.1) is 12.2 Å². The van der Waals surface area contributed by atoms with Crippen molar-refractivity contribution in [3.8, 4) is 0 Å². The van der Waals surface area contributed by atoms with Crippen molar-refractivity contribution in [3.63, 3.8) is 0 Å². The molecule has 20 heavy (non-hydrogen) atoms. The van der Waals surface area contributed by atoms with Gasteiger partial charge in [0.15, 0.2) is 0 Å². The van der Waals surface area contributed by atoms with E-state index in [9.17, 15) is 0 Å². The lowest BCUT2D eigenvalue weighted by Crippen LogP contribution is -2.52. The number of hydrogen-bond acceptors (Lipinski definition) is 3. The van der Waals surface area contributed by atoms with Crippen LogP contribution in [0, 0.1) is 11.3 Å². The van der Waals surface area contributed by atoms with Crippen LogP contribution in [0.2, 0.25) is 0 Å². The Bertz CT molecular complexity index is 295. The minimum absolute atomic E-state index is 0.382. The second-order valence-corrected chi connectivity index (χ2v) is 7.81. The van der Waals surface area contributed by atoms with Gasteiger partial charge in [-0.15, -0.1) is 0 Å². The van der Waals surface area contributed by atoms with Gasteiger partial charge in [0.2, 0.25) is 0 Å². The van der Waals surface area contributed by atoms with Crippen LogP contribution in [0.25, 0.3) is 0 Å². The highest BCUT2D eigenvalue weighted by Gasteiger charge is 2.36. The molecule has 3 nitrogen and oxygen atoms in total. The molecule has 118 valence electrons. The largest absolute Gasteiger partial charge is 0.373 e. The zero-order valence-corrected chi connectivity index (χ0v) is 14.1. The van der Waals surface area contributed by atoms with Crippen LogP contribution in [0.15, 0.2) is 0 Å². The van der Waals surface area contributed by atoms with Crippen molar-refractivity contribution < 1.29 is 4.74 Å². The zero-order chi connectivity index (χ0) is 14.8. The maximum absolute atomic E-state index is 5.86. The molecular weight excluding hydrogens is 248 g/mol. The molecule has 2 aliphatic rings. The number of hydrogen-bond donors (Lipinski definition) is 1. The molecule has 4 atom stereocenters. The molecule has 2 fully saturated rings. The van der Waals surface area contributed by atoms with Crippen molar-refractivity contribution in [2.45, 2.75) is 72.1 Å². The number of ether oxygens (including phenoxy) is 1. The van der Waals surface area contributed by atoms with E-state index in [4.69, 9.17) is 4.74 Å². The van der Waals surface area contributed by atoms with E-state index in [2.05, 4.69) is 44.8 Å². The molecular formula is C17H34N2O. The summed E-state index contributed by atoms with van der Waals surface area (Å²) in [5, 5.41) is 3.73. The average molecular weight is 282 g/mol. The number of nitrogens with one attached hydrogen (secondary N) is 1. The fraction of sp³-hybridized carbons (Fsp3) is 1.00. The quantitative estimate of drug-likeness (QED) is 0.858. The summed E-state index contributed by atoms with van der Waals surface area (Å²) in [7, 11) is 0. The number of morpholine rings is 1. The third-order valence-corrected chi connectivity index (χ3v) is 4.97. The van der Waals surface area contributed by atoms with Crippen LogP contribution in [-0.4, -0.2) is 49.3 Å². The third kappa shape index (κ3) is 4.44. The Kier molecular flexibility index (Phi) is 5.49. The van der Waals surface area contributed by atoms with Gasteiger partial charge in [-0.1, -0.05) is 20.8 Å². The summed E-state index contributed by atoms with van der Waals surface area (Å²) < 4.78 is 5.86. The van der Waals surface area contributed by atoms with Crippen LogP contribution < -0.4 is 5.32 Å². The van der Waals surface area contributed by atoms with Crippen molar-refractivity contribution in [3.05, 3.63) is 0 Å². The lowest BCUT2D eigenvalue weighted by atomic mass is 9.69. The number of rotatable bonds is 4. The first-order valence-corrected chi connectivity index (χ1v) is 8.51. The molecule has 0 aromatic heterocycles. The Balaban J connectivity index is 1.95. The Morgan fingerprint density at radius 3 is 2.45 bits per heavy atom. The predicted molar refractivity (Wildman–Crippen MR) is 85.0 cm³/mol. The Hall–Kier alpha value is -0.120. The molecule has 2 unspecified atom stereocenters. The average Bonchev–Trinajstić information content (AvgIpc) is 2.31. The molecule has 2 rings (SSSR count). The van der Waals surface area contributed by atoms with Crippen molar-refractivity contribution in [1.29, 1.82) is 0 Å². The summed E-state index contributed by atoms with van der Waals surface area (Å²) in [5.41, 5.74) is 0.514. The second-order valence-electron chi connectivity index (χ2n) is 7.81. The van der Waals surface area contributed by atoms with Crippen molar-refractivity contribution in [1.82, 2.24) is 10.2 Å². The monoisotopic (exact) mass is 282 g/mol. The summed E-state index contributed by atoms with van der Waals surface area (Å²) in [6.45, 7) is 16.0. The van der Waals surface area contributed by atoms with Gasteiger partial charge in [-0.25, -0.2) is 0 Å². The van der Waals surface area contributed by atoms with Gasteiger partial charge >= 0.3 is 0 Å². The number of nitrogens with zero attached hydrogens (tertiary/aromatic N) is 1. The van der Waals surface area contributed by atoms with Gasteiger partial charge in [0, 0.05) is 25.7 Å². The zero-order valence-electron chi connectivity index (χ0n) is 14.1. The minimum Gasteiger partial charge on any atom is -0.373 e. The van der Waals surface area contributed by atoms with Crippen LogP contribution >= 0.6 is 0 Å². The molecule has 1 saturated heterocycles. The first-order chi connectivity index (χ1) is 9.39. The van der Waals surface area contributed by atoms with E-state index in [1.165, 1.54) is 25.8 Å². The van der Waals surface area contributed by atoms with Crippen LogP contribution in [0.5, 0.6) is 0 Å². The Labute approximate surface area is 125 Å². The minimum atomic E-state index is 0.382. The van der Waals surface area contributed by atoms with E-state index in [1.54, 1.807) is 0 Å². The van der Waals surface area contributed by atoms with E-state index in [1.807, 2.05) is 0 Å². The summed E-state index contributed by atoms with van der Waals surface area (Å²) >= 11 is 0. The molecule has 1 heterocycles. The van der Waals surface area contributed by atoms with Crippen molar-refractivity contribution in [2.75, 3.05) is 26.2 Å². The first-order valence-electron chi connectivity index (χ1n) is 8.51. The fourth-order valence-electron chi connectivity index (χ4n) is 4.22. The lowest BCUT2D eigenvalue weighted by molar-refractivity contribution is -0.0755. The summed E-state index contributed by atoms with van der Waals surface area (Å²) in [5.74, 6) is 0.788. The van der Waals surface area contributed by atoms with E-state index in [0.717, 1.165) is 25.6 Å². The van der Waals surface area contributed by atoms with Gasteiger partial charge < -0.3 is 10.1 Å². The van der Waals surface area contributed by atoms with E-state index in [0.29, 0.717) is 23.7 Å². The smallest absolute Gasteiger partial charge is 0.0678 e. The van der Waals surface area contributed by atoms with Gasteiger partial charge in [0.25, 0.3) is 0 Å².